The normalized spacial score (nSPS) is 40.9. The number of hydrogen-bond donors (Lipinski definition) is 2. The third-order valence-electron chi connectivity index (χ3n) is 5.90. The van der Waals surface area contributed by atoms with Gasteiger partial charge in [-0.05, 0) is 63.5 Å². The summed E-state index contributed by atoms with van der Waals surface area (Å²) in [5.41, 5.74) is 0. The number of hydrogen-bond acceptors (Lipinski definition) is 4. The second kappa shape index (κ2) is 8.09. The van der Waals surface area contributed by atoms with Crippen LogP contribution in [0.1, 0.15) is 51.9 Å². The molecule has 0 bridgehead atoms. The van der Waals surface area contributed by atoms with Crippen molar-refractivity contribution in [3.05, 3.63) is 0 Å². The molecule has 4 heteroatoms. The molecule has 2 heterocycles. The smallest absolute Gasteiger partial charge is 0.0702 e. The highest BCUT2D eigenvalue weighted by Gasteiger charge is 2.29. The van der Waals surface area contributed by atoms with Crippen molar-refractivity contribution in [2.45, 2.75) is 70.1 Å². The molecule has 0 aromatic carbocycles. The van der Waals surface area contributed by atoms with Crippen LogP contribution < -0.4 is 5.32 Å². The second-order valence-corrected chi connectivity index (χ2v) is 7.86. The highest BCUT2D eigenvalue weighted by Crippen LogP contribution is 2.25. The molecule has 1 saturated carbocycles. The first-order valence-corrected chi connectivity index (χ1v) is 9.46. The molecule has 0 radical (unpaired) electrons. The molecule has 3 aliphatic rings. The molecule has 3 fully saturated rings. The fraction of sp³-hybridized carbons (Fsp3) is 1.00. The summed E-state index contributed by atoms with van der Waals surface area (Å²) in [7, 11) is 0. The minimum Gasteiger partial charge on any atom is -0.393 e. The number of nitrogens with one attached hydrogen (secondary N) is 1. The van der Waals surface area contributed by atoms with Crippen LogP contribution in [-0.4, -0.2) is 61.0 Å². The summed E-state index contributed by atoms with van der Waals surface area (Å²) in [4.78, 5) is 2.60. The number of ether oxygens (including phenoxy) is 1. The Bertz CT molecular complexity index is 333. The third kappa shape index (κ3) is 4.67. The van der Waals surface area contributed by atoms with Gasteiger partial charge in [0.15, 0.2) is 0 Å². The Morgan fingerprint density at radius 3 is 2.82 bits per heavy atom. The van der Waals surface area contributed by atoms with Gasteiger partial charge in [-0.25, -0.2) is 0 Å². The zero-order chi connectivity index (χ0) is 15.4. The van der Waals surface area contributed by atoms with Gasteiger partial charge in [-0.1, -0.05) is 13.3 Å². The second-order valence-electron chi connectivity index (χ2n) is 7.86. The molecule has 5 atom stereocenters. The lowest BCUT2D eigenvalue weighted by molar-refractivity contribution is 0.0496. The highest BCUT2D eigenvalue weighted by molar-refractivity contribution is 4.85. The van der Waals surface area contributed by atoms with Crippen LogP contribution in [-0.2, 0) is 4.74 Å². The van der Waals surface area contributed by atoms with Crippen LogP contribution in [0.2, 0.25) is 0 Å². The van der Waals surface area contributed by atoms with E-state index in [1.54, 1.807) is 0 Å². The topological polar surface area (TPSA) is 44.7 Å². The van der Waals surface area contributed by atoms with E-state index in [4.69, 9.17) is 4.74 Å². The summed E-state index contributed by atoms with van der Waals surface area (Å²) in [6, 6.07) is 0.653. The van der Waals surface area contributed by atoms with Crippen molar-refractivity contribution in [3.63, 3.8) is 0 Å². The minimum atomic E-state index is -0.0498. The lowest BCUT2D eigenvalue weighted by Gasteiger charge is -2.39. The molecule has 2 saturated heterocycles. The first-order chi connectivity index (χ1) is 10.7. The Balaban J connectivity index is 1.36. The van der Waals surface area contributed by atoms with Crippen molar-refractivity contribution in [1.82, 2.24) is 10.2 Å². The molecule has 4 nitrogen and oxygen atoms in total. The van der Waals surface area contributed by atoms with Crippen LogP contribution in [0.25, 0.3) is 0 Å². The van der Waals surface area contributed by atoms with Gasteiger partial charge in [-0.2, -0.15) is 0 Å². The van der Waals surface area contributed by atoms with Crippen molar-refractivity contribution in [2.75, 3.05) is 32.8 Å². The summed E-state index contributed by atoms with van der Waals surface area (Å²) in [5, 5.41) is 13.6. The summed E-state index contributed by atoms with van der Waals surface area (Å²) < 4.78 is 5.77. The Hall–Kier alpha value is -0.160. The number of aliphatic hydroxyl groups excluding tert-OH is 1. The average Bonchev–Trinajstić information content (AvgIpc) is 2.99. The van der Waals surface area contributed by atoms with Crippen molar-refractivity contribution in [2.24, 2.45) is 11.8 Å². The summed E-state index contributed by atoms with van der Waals surface area (Å²) in [6.45, 7) is 7.98. The maximum atomic E-state index is 9.79. The van der Waals surface area contributed by atoms with Crippen LogP contribution >= 0.6 is 0 Å². The minimum absolute atomic E-state index is 0.0498. The average molecular weight is 310 g/mol. The number of likely N-dealkylation sites (tertiary alicyclic amines) is 1. The maximum absolute atomic E-state index is 9.79. The Labute approximate surface area is 135 Å². The molecule has 22 heavy (non-hydrogen) atoms. The largest absolute Gasteiger partial charge is 0.393 e. The maximum Gasteiger partial charge on any atom is 0.0702 e. The van der Waals surface area contributed by atoms with E-state index >= 15 is 0 Å². The Morgan fingerprint density at radius 1 is 1.18 bits per heavy atom. The third-order valence-corrected chi connectivity index (χ3v) is 5.90. The lowest BCUT2D eigenvalue weighted by atomic mass is 9.86. The van der Waals surface area contributed by atoms with E-state index in [-0.39, 0.29) is 6.10 Å². The van der Waals surface area contributed by atoms with Crippen LogP contribution in [0.3, 0.4) is 0 Å². The van der Waals surface area contributed by atoms with Crippen molar-refractivity contribution in [3.8, 4) is 0 Å². The molecule has 0 aromatic rings. The quantitative estimate of drug-likeness (QED) is 0.815. The van der Waals surface area contributed by atoms with Gasteiger partial charge in [0.25, 0.3) is 0 Å². The highest BCUT2D eigenvalue weighted by atomic mass is 16.5. The Morgan fingerprint density at radius 2 is 2.09 bits per heavy atom. The van der Waals surface area contributed by atoms with E-state index in [2.05, 4.69) is 17.1 Å². The van der Waals surface area contributed by atoms with Crippen molar-refractivity contribution in [1.29, 1.82) is 0 Å². The first-order valence-electron chi connectivity index (χ1n) is 9.46. The van der Waals surface area contributed by atoms with Gasteiger partial charge >= 0.3 is 0 Å². The van der Waals surface area contributed by atoms with E-state index in [1.807, 2.05) is 0 Å². The van der Waals surface area contributed by atoms with E-state index in [1.165, 1.54) is 45.2 Å². The van der Waals surface area contributed by atoms with E-state index in [0.29, 0.717) is 24.0 Å². The van der Waals surface area contributed by atoms with Gasteiger partial charge in [0.05, 0.1) is 12.2 Å². The van der Waals surface area contributed by atoms with E-state index < -0.39 is 0 Å². The van der Waals surface area contributed by atoms with Gasteiger partial charge < -0.3 is 20.1 Å². The molecule has 2 N–H and O–H groups in total. The fourth-order valence-corrected chi connectivity index (χ4v) is 4.54. The molecule has 5 unspecified atom stereocenters. The number of piperidine rings is 1. The molecule has 2 aliphatic heterocycles. The van der Waals surface area contributed by atoms with Gasteiger partial charge in [0.2, 0.25) is 0 Å². The summed E-state index contributed by atoms with van der Waals surface area (Å²) in [5.74, 6) is 1.39. The molecule has 3 rings (SSSR count). The van der Waals surface area contributed by atoms with E-state index in [0.717, 1.165) is 32.5 Å². The first kappa shape index (κ1) is 16.7. The predicted octanol–water partition coefficient (Wildman–Crippen LogP) is 2.02. The zero-order valence-electron chi connectivity index (χ0n) is 14.2. The fourth-order valence-electron chi connectivity index (χ4n) is 4.54. The predicted molar refractivity (Wildman–Crippen MR) is 89.0 cm³/mol. The molecule has 128 valence electrons. The molecule has 0 spiro atoms. The Kier molecular flexibility index (Phi) is 6.14. The van der Waals surface area contributed by atoms with Gasteiger partial charge in [0, 0.05) is 25.7 Å². The molecular formula is C18H34N2O2. The number of rotatable bonds is 5. The monoisotopic (exact) mass is 310 g/mol. The van der Waals surface area contributed by atoms with Crippen LogP contribution in [0.4, 0.5) is 0 Å². The number of nitrogens with zero attached hydrogens (tertiary/aromatic N) is 1. The standard InChI is InChI=1S/C18H34N2O2/c1-14-12-20(13-17-6-3-9-22-17)8-7-18(14)19-11-15-4-2-5-16(21)10-15/h14-19,21H,2-13H2,1H3. The lowest BCUT2D eigenvalue weighted by Crippen LogP contribution is -2.50. The van der Waals surface area contributed by atoms with E-state index in [9.17, 15) is 5.11 Å². The van der Waals surface area contributed by atoms with Gasteiger partial charge in [-0.3, -0.25) is 0 Å². The molecule has 0 amide bonds. The molecule has 1 aliphatic carbocycles. The SMILES string of the molecule is CC1CN(CC2CCCO2)CCC1NCC1CCCC(O)C1. The van der Waals surface area contributed by atoms with Crippen LogP contribution in [0, 0.1) is 11.8 Å². The van der Waals surface area contributed by atoms with Crippen molar-refractivity contribution >= 4 is 0 Å². The van der Waals surface area contributed by atoms with Gasteiger partial charge in [0.1, 0.15) is 0 Å². The summed E-state index contributed by atoms with van der Waals surface area (Å²) >= 11 is 0. The zero-order valence-corrected chi connectivity index (χ0v) is 14.2. The summed E-state index contributed by atoms with van der Waals surface area (Å²) in [6.07, 6.45) is 8.67. The van der Waals surface area contributed by atoms with Gasteiger partial charge in [-0.15, -0.1) is 0 Å². The van der Waals surface area contributed by atoms with Crippen LogP contribution in [0.15, 0.2) is 0 Å². The molecule has 0 aromatic heterocycles. The number of aliphatic hydroxyl groups is 1. The van der Waals surface area contributed by atoms with Crippen molar-refractivity contribution < 1.29 is 9.84 Å². The van der Waals surface area contributed by atoms with Crippen LogP contribution in [0.5, 0.6) is 0 Å². The molecular weight excluding hydrogens is 276 g/mol.